The first-order chi connectivity index (χ1) is 13.0. The van der Waals surface area contributed by atoms with Crippen LogP contribution in [0.2, 0.25) is 0 Å². The molecule has 0 radical (unpaired) electrons. The van der Waals surface area contributed by atoms with Crippen LogP contribution in [0, 0.1) is 0 Å². The minimum Gasteiger partial charge on any atom is -0.493 e. The molecule has 1 atom stereocenters. The maximum absolute atomic E-state index is 12.9. The molecule has 28 heavy (non-hydrogen) atoms. The third-order valence-corrected chi connectivity index (χ3v) is 4.38. The number of amides is 2. The van der Waals surface area contributed by atoms with Crippen LogP contribution in [0.5, 0.6) is 11.5 Å². The van der Waals surface area contributed by atoms with Gasteiger partial charge in [-0.05, 0) is 52.7 Å². The van der Waals surface area contributed by atoms with Crippen LogP contribution in [-0.2, 0) is 9.53 Å². The number of halogens is 2. The lowest BCUT2D eigenvalue weighted by atomic mass is 9.97. The first kappa shape index (κ1) is 21.7. The topological polar surface area (TPSA) is 77.1 Å². The fraction of sp³-hybridized carbons (Fsp3) is 0.579. The Morgan fingerprint density at radius 2 is 1.93 bits per heavy atom. The molecule has 156 valence electrons. The maximum atomic E-state index is 12.9. The molecule has 2 rings (SSSR count). The van der Waals surface area contributed by atoms with Crippen molar-refractivity contribution in [2.75, 3.05) is 19.0 Å². The largest absolute Gasteiger partial charge is 0.493 e. The summed E-state index contributed by atoms with van der Waals surface area (Å²) in [5.74, 6) is -0.527. The number of methoxy groups -OCH3 is 1. The van der Waals surface area contributed by atoms with Gasteiger partial charge in [-0.25, -0.2) is 4.79 Å². The summed E-state index contributed by atoms with van der Waals surface area (Å²) < 4.78 is 40.0. The molecule has 9 heteroatoms. The van der Waals surface area contributed by atoms with E-state index in [-0.39, 0.29) is 17.2 Å². The van der Waals surface area contributed by atoms with E-state index in [1.165, 1.54) is 30.2 Å². The Labute approximate surface area is 162 Å². The highest BCUT2D eigenvalue weighted by atomic mass is 19.3. The minimum atomic E-state index is -3.03. The predicted molar refractivity (Wildman–Crippen MR) is 98.8 cm³/mol. The van der Waals surface area contributed by atoms with Crippen molar-refractivity contribution in [2.45, 2.75) is 58.3 Å². The number of hydrogen-bond acceptors (Lipinski definition) is 5. The fourth-order valence-electron chi connectivity index (χ4n) is 3.02. The second-order valence-corrected chi connectivity index (χ2v) is 7.71. The smallest absolute Gasteiger partial charge is 0.411 e. The Morgan fingerprint density at radius 1 is 1.25 bits per heavy atom. The Balaban J connectivity index is 2.19. The number of rotatable bonds is 5. The van der Waals surface area contributed by atoms with Crippen molar-refractivity contribution >= 4 is 17.7 Å². The van der Waals surface area contributed by atoms with Crippen molar-refractivity contribution in [1.82, 2.24) is 4.90 Å². The van der Waals surface area contributed by atoms with Crippen molar-refractivity contribution < 1.29 is 32.6 Å². The lowest BCUT2D eigenvalue weighted by Gasteiger charge is -2.35. The van der Waals surface area contributed by atoms with E-state index >= 15 is 0 Å². The van der Waals surface area contributed by atoms with Crippen molar-refractivity contribution in [3.05, 3.63) is 18.2 Å². The number of ether oxygens (including phenoxy) is 3. The molecule has 2 amide bonds. The predicted octanol–water partition coefficient (Wildman–Crippen LogP) is 4.02. The molecular weight excluding hydrogens is 374 g/mol. The van der Waals surface area contributed by atoms with Crippen LogP contribution in [0.3, 0.4) is 0 Å². The van der Waals surface area contributed by atoms with E-state index in [4.69, 9.17) is 9.47 Å². The van der Waals surface area contributed by atoms with E-state index in [9.17, 15) is 18.4 Å². The summed E-state index contributed by atoms with van der Waals surface area (Å²) in [6.07, 6.45) is 0.527. The second kappa shape index (κ2) is 8.20. The molecule has 7 nitrogen and oxygen atoms in total. The molecular formula is C19H26F2N2O5. The number of carbonyl (C=O) groups excluding carboxylic acids is 2. The van der Waals surface area contributed by atoms with Crippen molar-refractivity contribution in [1.29, 1.82) is 0 Å². The number of carbonyl (C=O) groups is 2. The second-order valence-electron chi connectivity index (χ2n) is 7.71. The monoisotopic (exact) mass is 400 g/mol. The van der Waals surface area contributed by atoms with Crippen LogP contribution >= 0.6 is 0 Å². The van der Waals surface area contributed by atoms with Gasteiger partial charge in [-0.1, -0.05) is 0 Å². The lowest BCUT2D eigenvalue weighted by molar-refractivity contribution is -0.125. The van der Waals surface area contributed by atoms with Crippen molar-refractivity contribution in [2.24, 2.45) is 0 Å². The molecule has 0 spiro atoms. The Morgan fingerprint density at radius 3 is 2.50 bits per heavy atom. The highest BCUT2D eigenvalue weighted by Gasteiger charge is 2.47. The summed E-state index contributed by atoms with van der Waals surface area (Å²) in [5.41, 5.74) is -1.56. The van der Waals surface area contributed by atoms with Gasteiger partial charge in [0.25, 0.3) is 0 Å². The molecule has 1 fully saturated rings. The zero-order valence-corrected chi connectivity index (χ0v) is 16.7. The lowest BCUT2D eigenvalue weighted by Crippen LogP contribution is -2.54. The summed E-state index contributed by atoms with van der Waals surface area (Å²) in [5, 5.41) is 2.67. The first-order valence-electron chi connectivity index (χ1n) is 8.91. The molecule has 1 heterocycles. The average molecular weight is 400 g/mol. The molecule has 1 aromatic carbocycles. The van der Waals surface area contributed by atoms with E-state index in [0.29, 0.717) is 19.4 Å². The van der Waals surface area contributed by atoms with Gasteiger partial charge < -0.3 is 19.5 Å². The van der Waals surface area contributed by atoms with E-state index in [2.05, 4.69) is 10.1 Å². The van der Waals surface area contributed by atoms with Crippen LogP contribution in [0.1, 0.15) is 40.5 Å². The number of benzene rings is 1. The summed E-state index contributed by atoms with van der Waals surface area (Å²) in [6, 6.07) is 4.17. The normalized spacial score (nSPS) is 19.5. The Kier molecular flexibility index (Phi) is 6.36. The van der Waals surface area contributed by atoms with Gasteiger partial charge in [-0.15, -0.1) is 0 Å². The summed E-state index contributed by atoms with van der Waals surface area (Å²) in [7, 11) is 1.32. The van der Waals surface area contributed by atoms with E-state index < -0.39 is 29.8 Å². The van der Waals surface area contributed by atoms with Gasteiger partial charge in [0.2, 0.25) is 5.91 Å². The van der Waals surface area contributed by atoms with E-state index in [1.807, 2.05) is 0 Å². The third kappa shape index (κ3) is 5.02. The molecule has 0 aliphatic carbocycles. The minimum absolute atomic E-state index is 0.112. The number of nitrogens with zero attached hydrogens (tertiary/aromatic N) is 1. The molecule has 0 unspecified atom stereocenters. The Hall–Kier alpha value is -2.58. The van der Waals surface area contributed by atoms with E-state index in [1.54, 1.807) is 27.7 Å². The number of nitrogens with one attached hydrogen (secondary N) is 1. The summed E-state index contributed by atoms with van der Waals surface area (Å²) >= 11 is 0. The molecule has 1 aromatic rings. The number of hydrogen-bond donors (Lipinski definition) is 1. The highest BCUT2D eigenvalue weighted by Crippen LogP contribution is 2.34. The maximum Gasteiger partial charge on any atom is 0.411 e. The number of alkyl halides is 2. The van der Waals surface area contributed by atoms with Gasteiger partial charge in [0, 0.05) is 18.3 Å². The molecule has 1 saturated heterocycles. The van der Waals surface area contributed by atoms with Gasteiger partial charge in [0.1, 0.15) is 11.1 Å². The molecule has 0 saturated carbocycles. The molecule has 0 bridgehead atoms. The van der Waals surface area contributed by atoms with Crippen LogP contribution in [0.25, 0.3) is 0 Å². The molecule has 0 aromatic heterocycles. The Bertz CT molecular complexity index is 736. The van der Waals surface area contributed by atoms with Gasteiger partial charge in [0.15, 0.2) is 11.5 Å². The summed E-state index contributed by atoms with van der Waals surface area (Å²) in [6.45, 7) is 4.26. The molecule has 1 N–H and O–H groups in total. The number of anilines is 1. The zero-order chi connectivity index (χ0) is 21.1. The van der Waals surface area contributed by atoms with Crippen molar-refractivity contribution in [3.8, 4) is 11.5 Å². The van der Waals surface area contributed by atoms with Crippen molar-refractivity contribution in [3.63, 3.8) is 0 Å². The van der Waals surface area contributed by atoms with Gasteiger partial charge in [0.05, 0.1) is 7.11 Å². The quantitative estimate of drug-likeness (QED) is 0.808. The summed E-state index contributed by atoms with van der Waals surface area (Å²) in [4.78, 5) is 26.8. The number of likely N-dealkylation sites (tertiary alicyclic amines) is 1. The zero-order valence-electron chi connectivity index (χ0n) is 16.7. The van der Waals surface area contributed by atoms with Gasteiger partial charge in [-0.2, -0.15) is 8.78 Å². The van der Waals surface area contributed by atoms with E-state index in [0.717, 1.165) is 0 Å². The van der Waals surface area contributed by atoms with Gasteiger partial charge >= 0.3 is 12.7 Å². The molecule has 1 aliphatic heterocycles. The van der Waals surface area contributed by atoms with Crippen LogP contribution < -0.4 is 14.8 Å². The molecule has 1 aliphatic rings. The fourth-order valence-corrected chi connectivity index (χ4v) is 3.02. The highest BCUT2D eigenvalue weighted by molar-refractivity contribution is 6.00. The SMILES string of the molecule is COc1ccc(NC(=O)[C@@]2(C)CCCN2C(=O)OC(C)(C)C)cc1OC(F)F. The van der Waals surface area contributed by atoms with Crippen LogP contribution in [0.15, 0.2) is 18.2 Å². The van der Waals surface area contributed by atoms with Crippen LogP contribution in [-0.4, -0.2) is 48.3 Å². The third-order valence-electron chi connectivity index (χ3n) is 4.38. The average Bonchev–Trinajstić information content (AvgIpc) is 2.96. The van der Waals surface area contributed by atoms with Crippen LogP contribution in [0.4, 0.5) is 19.3 Å². The standard InChI is InChI=1S/C19H26F2N2O5/c1-18(2,3)28-17(25)23-10-6-9-19(23,4)15(24)22-12-7-8-13(26-5)14(11-12)27-16(20)21/h7-8,11,16H,6,9-10H2,1-5H3,(H,22,24)/t19-/m1/s1. The first-order valence-corrected chi connectivity index (χ1v) is 8.91. The van der Waals surface area contributed by atoms with Gasteiger partial charge in [-0.3, -0.25) is 9.69 Å².